The number of methoxy groups -OCH3 is 1. The third-order valence-corrected chi connectivity index (χ3v) is 3.87. The zero-order valence-electron chi connectivity index (χ0n) is 10.9. The van der Waals surface area contributed by atoms with Gasteiger partial charge in [0.1, 0.15) is 0 Å². The van der Waals surface area contributed by atoms with E-state index in [0.717, 1.165) is 0 Å². The van der Waals surface area contributed by atoms with E-state index in [9.17, 15) is 13.2 Å². The number of carboxylic acids is 1. The molecule has 1 unspecified atom stereocenters. The van der Waals surface area contributed by atoms with Crippen molar-refractivity contribution in [2.75, 3.05) is 20.3 Å². The van der Waals surface area contributed by atoms with Gasteiger partial charge >= 0.3 is 5.97 Å². The number of carbonyl (C=O) groups is 1. The summed E-state index contributed by atoms with van der Waals surface area (Å²) < 4.78 is 30.9. The molecule has 1 atom stereocenters. The van der Waals surface area contributed by atoms with Crippen molar-refractivity contribution >= 4 is 16.0 Å². The number of aliphatic hydroxyl groups is 1. The monoisotopic (exact) mass is 303 g/mol. The van der Waals surface area contributed by atoms with Gasteiger partial charge in [0, 0.05) is 7.11 Å². The van der Waals surface area contributed by atoms with Crippen LogP contribution < -0.4 is 4.72 Å². The van der Waals surface area contributed by atoms with Crippen LogP contribution in [0.1, 0.15) is 15.9 Å². The Kier molecular flexibility index (Phi) is 6.08. The molecule has 0 spiro atoms. The normalized spacial score (nSPS) is 13.1. The molecule has 0 heterocycles. The predicted octanol–water partition coefficient (Wildman–Crippen LogP) is -0.188. The quantitative estimate of drug-likeness (QED) is 0.613. The van der Waals surface area contributed by atoms with Gasteiger partial charge < -0.3 is 14.9 Å². The van der Waals surface area contributed by atoms with Gasteiger partial charge in [-0.3, -0.25) is 0 Å². The zero-order chi connectivity index (χ0) is 15.2. The summed E-state index contributed by atoms with van der Waals surface area (Å²) in [6.45, 7) is -0.340. The molecule has 0 aromatic heterocycles. The molecule has 3 N–H and O–H groups in total. The lowest BCUT2D eigenvalue weighted by Crippen LogP contribution is -2.41. The molecule has 0 bridgehead atoms. The molecule has 112 valence electrons. The van der Waals surface area contributed by atoms with Crippen LogP contribution in [0.4, 0.5) is 0 Å². The van der Waals surface area contributed by atoms with Crippen molar-refractivity contribution in [3.05, 3.63) is 35.4 Å². The first-order chi connectivity index (χ1) is 9.38. The van der Waals surface area contributed by atoms with Gasteiger partial charge in [-0.05, 0) is 17.7 Å². The summed E-state index contributed by atoms with van der Waals surface area (Å²) in [6.07, 6.45) is 0. The van der Waals surface area contributed by atoms with E-state index in [1.165, 1.54) is 31.4 Å². The zero-order valence-corrected chi connectivity index (χ0v) is 11.8. The lowest BCUT2D eigenvalue weighted by atomic mass is 10.1. The van der Waals surface area contributed by atoms with Gasteiger partial charge in [-0.15, -0.1) is 0 Å². The molecule has 0 aliphatic rings. The molecular formula is C12H17NO6S. The van der Waals surface area contributed by atoms with E-state index >= 15 is 0 Å². The number of rotatable bonds is 8. The molecule has 1 aromatic rings. The molecule has 0 fully saturated rings. The van der Waals surface area contributed by atoms with Crippen LogP contribution in [0.15, 0.2) is 24.3 Å². The summed E-state index contributed by atoms with van der Waals surface area (Å²) in [5, 5.41) is 17.9. The van der Waals surface area contributed by atoms with E-state index in [2.05, 4.69) is 4.72 Å². The largest absolute Gasteiger partial charge is 0.478 e. The van der Waals surface area contributed by atoms with Crippen molar-refractivity contribution in [2.24, 2.45) is 0 Å². The predicted molar refractivity (Wildman–Crippen MR) is 71.9 cm³/mol. The first-order valence-electron chi connectivity index (χ1n) is 5.80. The number of carboxylic acid groups (broad SMARTS) is 1. The first kappa shape index (κ1) is 16.6. The van der Waals surface area contributed by atoms with Crippen molar-refractivity contribution in [3.63, 3.8) is 0 Å². The molecule has 0 aliphatic heterocycles. The van der Waals surface area contributed by atoms with Crippen molar-refractivity contribution < 1.29 is 28.2 Å². The van der Waals surface area contributed by atoms with Gasteiger partial charge in [-0.2, -0.15) is 0 Å². The molecule has 1 aromatic carbocycles. The number of hydrogen-bond donors (Lipinski definition) is 3. The molecule has 20 heavy (non-hydrogen) atoms. The fraction of sp³-hybridized carbons (Fsp3) is 0.417. The van der Waals surface area contributed by atoms with E-state index in [1.807, 2.05) is 0 Å². The Balaban J connectivity index is 2.80. The average Bonchev–Trinajstić information content (AvgIpc) is 2.37. The molecule has 0 saturated carbocycles. The highest BCUT2D eigenvalue weighted by Gasteiger charge is 2.18. The fourth-order valence-corrected chi connectivity index (χ4v) is 2.99. The Morgan fingerprint density at radius 3 is 2.70 bits per heavy atom. The van der Waals surface area contributed by atoms with Crippen molar-refractivity contribution in [3.8, 4) is 0 Å². The van der Waals surface area contributed by atoms with E-state index in [1.54, 1.807) is 0 Å². The van der Waals surface area contributed by atoms with Gasteiger partial charge in [0.05, 0.1) is 30.6 Å². The summed E-state index contributed by atoms with van der Waals surface area (Å²) in [7, 11) is -2.30. The van der Waals surface area contributed by atoms with Gasteiger partial charge in [0.15, 0.2) is 0 Å². The SMILES string of the molecule is COCC(CO)NS(=O)(=O)Cc1cccc(C(=O)O)c1. The maximum Gasteiger partial charge on any atom is 0.335 e. The molecule has 0 amide bonds. The minimum atomic E-state index is -3.69. The second-order valence-corrected chi connectivity index (χ2v) is 5.97. The van der Waals surface area contributed by atoms with Crippen LogP contribution in [-0.2, 0) is 20.5 Å². The second-order valence-electron chi connectivity index (χ2n) is 4.22. The van der Waals surface area contributed by atoms with Crippen LogP contribution >= 0.6 is 0 Å². The van der Waals surface area contributed by atoms with Crippen LogP contribution in [0.25, 0.3) is 0 Å². The average molecular weight is 303 g/mol. The summed E-state index contributed by atoms with van der Waals surface area (Å²) in [4.78, 5) is 10.8. The molecule has 0 saturated heterocycles. The second kappa shape index (κ2) is 7.34. The van der Waals surface area contributed by atoms with Crippen molar-refractivity contribution in [2.45, 2.75) is 11.8 Å². The number of aromatic carboxylic acids is 1. The smallest absolute Gasteiger partial charge is 0.335 e. The Morgan fingerprint density at radius 1 is 1.45 bits per heavy atom. The summed E-state index contributed by atoms with van der Waals surface area (Å²) in [5.41, 5.74) is 0.375. The summed E-state index contributed by atoms with van der Waals surface area (Å²) >= 11 is 0. The van der Waals surface area contributed by atoms with Crippen molar-refractivity contribution in [1.29, 1.82) is 0 Å². The highest BCUT2D eigenvalue weighted by Crippen LogP contribution is 2.09. The highest BCUT2D eigenvalue weighted by molar-refractivity contribution is 7.88. The summed E-state index contributed by atoms with van der Waals surface area (Å²) in [6, 6.07) is 4.95. The standard InChI is InChI=1S/C12H17NO6S/c1-19-7-11(6-14)13-20(17,18)8-9-3-2-4-10(5-9)12(15)16/h2-5,11,13-14H,6-8H2,1H3,(H,15,16). The number of hydrogen-bond acceptors (Lipinski definition) is 5. The van der Waals surface area contributed by atoms with Gasteiger partial charge in [0.25, 0.3) is 0 Å². The first-order valence-corrected chi connectivity index (χ1v) is 7.45. The van der Waals surface area contributed by atoms with E-state index in [-0.39, 0.29) is 24.5 Å². The fourth-order valence-electron chi connectivity index (χ4n) is 1.63. The molecule has 1 rings (SSSR count). The van der Waals surface area contributed by atoms with Crippen LogP contribution in [0, 0.1) is 0 Å². The van der Waals surface area contributed by atoms with Crippen molar-refractivity contribution in [1.82, 2.24) is 4.72 Å². The minimum absolute atomic E-state index is 0.0216. The number of aliphatic hydroxyl groups excluding tert-OH is 1. The van der Waals surface area contributed by atoms with Crippen LogP contribution in [0.2, 0.25) is 0 Å². The molecular weight excluding hydrogens is 286 g/mol. The Morgan fingerprint density at radius 2 is 2.15 bits per heavy atom. The van der Waals surface area contributed by atoms with Gasteiger partial charge in [-0.1, -0.05) is 12.1 Å². The van der Waals surface area contributed by atoms with Crippen LogP contribution in [0.5, 0.6) is 0 Å². The topological polar surface area (TPSA) is 113 Å². The Bertz CT molecular complexity index is 557. The number of nitrogens with one attached hydrogen (secondary N) is 1. The lowest BCUT2D eigenvalue weighted by Gasteiger charge is -2.15. The number of sulfonamides is 1. The third-order valence-electron chi connectivity index (χ3n) is 2.47. The maximum absolute atomic E-state index is 11.9. The summed E-state index contributed by atoms with van der Waals surface area (Å²) in [5.74, 6) is -1.49. The number of benzene rings is 1. The van der Waals surface area contributed by atoms with E-state index < -0.39 is 22.0 Å². The molecule has 7 nitrogen and oxygen atoms in total. The Labute approximate surface area is 117 Å². The van der Waals surface area contributed by atoms with Gasteiger partial charge in [0.2, 0.25) is 10.0 Å². The Hall–Kier alpha value is -1.48. The number of ether oxygens (including phenoxy) is 1. The molecule has 0 aliphatic carbocycles. The van der Waals surface area contributed by atoms with E-state index in [4.69, 9.17) is 14.9 Å². The third kappa shape index (κ3) is 5.25. The molecule has 0 radical (unpaired) electrons. The van der Waals surface area contributed by atoms with Crippen LogP contribution in [0.3, 0.4) is 0 Å². The molecule has 8 heteroatoms. The van der Waals surface area contributed by atoms with Gasteiger partial charge in [-0.25, -0.2) is 17.9 Å². The lowest BCUT2D eigenvalue weighted by molar-refractivity contribution is 0.0696. The highest BCUT2D eigenvalue weighted by atomic mass is 32.2. The van der Waals surface area contributed by atoms with E-state index in [0.29, 0.717) is 5.56 Å². The maximum atomic E-state index is 11.9. The minimum Gasteiger partial charge on any atom is -0.478 e. The van der Waals surface area contributed by atoms with Crippen LogP contribution in [-0.4, -0.2) is 51.0 Å².